The van der Waals surface area contributed by atoms with E-state index in [0.29, 0.717) is 28.9 Å². The van der Waals surface area contributed by atoms with Crippen LogP contribution in [0.4, 0.5) is 0 Å². The lowest BCUT2D eigenvalue weighted by Gasteiger charge is -2.22. The van der Waals surface area contributed by atoms with Crippen molar-refractivity contribution in [2.24, 2.45) is 0 Å². The molecule has 1 fully saturated rings. The summed E-state index contributed by atoms with van der Waals surface area (Å²) in [6.07, 6.45) is 5.50. The number of nitrogens with one attached hydrogen (secondary N) is 1. The Bertz CT molecular complexity index is 759. The molecule has 0 unspecified atom stereocenters. The summed E-state index contributed by atoms with van der Waals surface area (Å²) in [4.78, 5) is 24.3. The number of benzene rings is 1. The van der Waals surface area contributed by atoms with E-state index in [0.717, 1.165) is 25.7 Å². The number of amides is 1. The molecule has 2 aromatic rings. The lowest BCUT2D eigenvalue weighted by atomic mass is 9.95. The summed E-state index contributed by atoms with van der Waals surface area (Å²) in [5.74, 6) is 0.409. The standard InChI is InChI=1S/C18H21NO4/c1-2-22-13-8-9-14-15(11-17(20)23-16(14)10-13)18(21)19-12-6-4-3-5-7-12/h8-12H,2-7H2,1H3,(H,19,21). The predicted molar refractivity (Wildman–Crippen MR) is 88.0 cm³/mol. The van der Waals surface area contributed by atoms with Gasteiger partial charge in [-0.15, -0.1) is 0 Å². The Morgan fingerprint density at radius 3 is 2.78 bits per heavy atom. The van der Waals surface area contributed by atoms with Crippen LogP contribution in [0.1, 0.15) is 49.4 Å². The van der Waals surface area contributed by atoms with E-state index in [1.165, 1.54) is 12.5 Å². The van der Waals surface area contributed by atoms with Gasteiger partial charge in [-0.1, -0.05) is 19.3 Å². The summed E-state index contributed by atoms with van der Waals surface area (Å²) >= 11 is 0. The Balaban J connectivity index is 1.92. The first-order valence-corrected chi connectivity index (χ1v) is 8.19. The summed E-state index contributed by atoms with van der Waals surface area (Å²) in [5.41, 5.74) is 0.210. The molecule has 1 aliphatic carbocycles. The van der Waals surface area contributed by atoms with Crippen molar-refractivity contribution in [3.05, 3.63) is 40.2 Å². The fourth-order valence-electron chi connectivity index (χ4n) is 3.10. The van der Waals surface area contributed by atoms with Crippen molar-refractivity contribution in [1.29, 1.82) is 0 Å². The van der Waals surface area contributed by atoms with Gasteiger partial charge in [-0.2, -0.15) is 0 Å². The summed E-state index contributed by atoms with van der Waals surface area (Å²) in [6, 6.07) is 6.65. The molecular formula is C18H21NO4. The minimum Gasteiger partial charge on any atom is -0.494 e. The minimum atomic E-state index is -0.528. The molecule has 1 N–H and O–H groups in total. The third kappa shape index (κ3) is 3.55. The number of rotatable bonds is 4. The van der Waals surface area contributed by atoms with Gasteiger partial charge in [0.2, 0.25) is 0 Å². The predicted octanol–water partition coefficient (Wildman–Crippen LogP) is 3.25. The molecule has 1 aliphatic rings. The monoisotopic (exact) mass is 315 g/mol. The number of carbonyl (C=O) groups is 1. The molecule has 0 aliphatic heterocycles. The van der Waals surface area contributed by atoms with Crippen LogP contribution >= 0.6 is 0 Å². The maximum absolute atomic E-state index is 12.6. The SMILES string of the molecule is CCOc1ccc2c(C(=O)NC3CCCCC3)cc(=O)oc2c1. The van der Waals surface area contributed by atoms with Crippen molar-refractivity contribution in [1.82, 2.24) is 5.32 Å². The van der Waals surface area contributed by atoms with Crippen LogP contribution in [-0.2, 0) is 0 Å². The first-order chi connectivity index (χ1) is 11.2. The van der Waals surface area contributed by atoms with E-state index >= 15 is 0 Å². The highest BCUT2D eigenvalue weighted by atomic mass is 16.5. The average Bonchev–Trinajstić information content (AvgIpc) is 2.55. The Kier molecular flexibility index (Phi) is 4.65. The van der Waals surface area contributed by atoms with Crippen LogP contribution in [0, 0.1) is 0 Å². The second-order valence-electron chi connectivity index (χ2n) is 5.88. The van der Waals surface area contributed by atoms with Gasteiger partial charge in [-0.05, 0) is 31.9 Å². The van der Waals surface area contributed by atoms with Gasteiger partial charge < -0.3 is 14.5 Å². The molecule has 1 saturated carbocycles. The van der Waals surface area contributed by atoms with Gasteiger partial charge >= 0.3 is 5.63 Å². The summed E-state index contributed by atoms with van der Waals surface area (Å²) < 4.78 is 10.6. The molecule has 0 atom stereocenters. The Hall–Kier alpha value is -2.30. The fourth-order valence-corrected chi connectivity index (χ4v) is 3.10. The second kappa shape index (κ2) is 6.86. The van der Waals surface area contributed by atoms with Crippen LogP contribution in [0.2, 0.25) is 0 Å². The number of carbonyl (C=O) groups excluding carboxylic acids is 1. The highest BCUT2D eigenvalue weighted by molar-refractivity contribution is 6.05. The number of ether oxygens (including phenoxy) is 1. The minimum absolute atomic E-state index is 0.196. The molecule has 23 heavy (non-hydrogen) atoms. The molecule has 1 aromatic carbocycles. The first kappa shape index (κ1) is 15.6. The van der Waals surface area contributed by atoms with E-state index in [4.69, 9.17) is 9.15 Å². The zero-order chi connectivity index (χ0) is 16.2. The molecule has 0 spiro atoms. The number of fused-ring (bicyclic) bond motifs is 1. The highest BCUT2D eigenvalue weighted by Gasteiger charge is 2.19. The average molecular weight is 315 g/mol. The fraction of sp³-hybridized carbons (Fsp3) is 0.444. The molecule has 0 saturated heterocycles. The molecule has 0 radical (unpaired) electrons. The van der Waals surface area contributed by atoms with Crippen LogP contribution in [0.3, 0.4) is 0 Å². The van der Waals surface area contributed by atoms with Crippen LogP contribution in [0.25, 0.3) is 11.0 Å². The zero-order valence-corrected chi connectivity index (χ0v) is 13.3. The highest BCUT2D eigenvalue weighted by Crippen LogP contribution is 2.24. The molecular weight excluding hydrogens is 294 g/mol. The van der Waals surface area contributed by atoms with Crippen molar-refractivity contribution in [3.8, 4) is 5.75 Å². The van der Waals surface area contributed by atoms with Gasteiger partial charge in [-0.25, -0.2) is 4.79 Å². The van der Waals surface area contributed by atoms with Crippen molar-refractivity contribution in [3.63, 3.8) is 0 Å². The van der Waals surface area contributed by atoms with E-state index in [1.54, 1.807) is 18.2 Å². The maximum atomic E-state index is 12.6. The van der Waals surface area contributed by atoms with Crippen LogP contribution < -0.4 is 15.7 Å². The second-order valence-corrected chi connectivity index (χ2v) is 5.88. The van der Waals surface area contributed by atoms with Crippen LogP contribution in [0.5, 0.6) is 5.75 Å². The van der Waals surface area contributed by atoms with Gasteiger partial charge in [0, 0.05) is 23.6 Å². The summed E-state index contributed by atoms with van der Waals surface area (Å²) in [5, 5.41) is 3.67. The molecule has 1 aromatic heterocycles. The largest absolute Gasteiger partial charge is 0.494 e. The summed E-state index contributed by atoms with van der Waals surface area (Å²) in [7, 11) is 0. The zero-order valence-electron chi connectivity index (χ0n) is 13.3. The van der Waals surface area contributed by atoms with Crippen LogP contribution in [0.15, 0.2) is 33.5 Å². The van der Waals surface area contributed by atoms with Gasteiger partial charge in [0.1, 0.15) is 11.3 Å². The van der Waals surface area contributed by atoms with Crippen LogP contribution in [-0.4, -0.2) is 18.6 Å². The van der Waals surface area contributed by atoms with Gasteiger partial charge in [0.15, 0.2) is 0 Å². The maximum Gasteiger partial charge on any atom is 0.337 e. The van der Waals surface area contributed by atoms with Gasteiger partial charge in [0.25, 0.3) is 5.91 Å². The molecule has 1 heterocycles. The molecule has 5 heteroatoms. The molecule has 1 amide bonds. The third-order valence-electron chi connectivity index (χ3n) is 4.21. The van der Waals surface area contributed by atoms with Gasteiger partial charge in [-0.3, -0.25) is 4.79 Å². The number of hydrogen-bond acceptors (Lipinski definition) is 4. The van der Waals surface area contributed by atoms with Crippen molar-refractivity contribution in [2.75, 3.05) is 6.61 Å². The first-order valence-electron chi connectivity index (χ1n) is 8.19. The van der Waals surface area contributed by atoms with E-state index in [1.807, 2.05) is 6.92 Å². The van der Waals surface area contributed by atoms with Gasteiger partial charge in [0.05, 0.1) is 12.2 Å². The molecule has 3 rings (SSSR count). The Labute approximate surface area is 134 Å². The molecule has 5 nitrogen and oxygen atoms in total. The van der Waals surface area contributed by atoms with E-state index in [9.17, 15) is 9.59 Å². The lowest BCUT2D eigenvalue weighted by Crippen LogP contribution is -2.36. The molecule has 0 bridgehead atoms. The smallest absolute Gasteiger partial charge is 0.337 e. The lowest BCUT2D eigenvalue weighted by molar-refractivity contribution is 0.0928. The Morgan fingerprint density at radius 2 is 2.04 bits per heavy atom. The van der Waals surface area contributed by atoms with Crippen molar-refractivity contribution >= 4 is 16.9 Å². The van der Waals surface area contributed by atoms with Crippen molar-refractivity contribution in [2.45, 2.75) is 45.1 Å². The molecule has 122 valence electrons. The normalized spacial score (nSPS) is 15.5. The Morgan fingerprint density at radius 1 is 1.26 bits per heavy atom. The van der Waals surface area contributed by atoms with Crippen molar-refractivity contribution < 1.29 is 13.9 Å². The van der Waals surface area contributed by atoms with E-state index in [-0.39, 0.29) is 11.9 Å². The van der Waals surface area contributed by atoms with E-state index in [2.05, 4.69) is 5.32 Å². The quantitative estimate of drug-likeness (QED) is 0.879. The van der Waals surface area contributed by atoms with E-state index < -0.39 is 5.63 Å². The third-order valence-corrected chi connectivity index (χ3v) is 4.21. The topological polar surface area (TPSA) is 68.5 Å². The summed E-state index contributed by atoms with van der Waals surface area (Å²) in [6.45, 7) is 2.41. The number of hydrogen-bond donors (Lipinski definition) is 1.